The van der Waals surface area contributed by atoms with Gasteiger partial charge in [-0.1, -0.05) is 30.3 Å². The molecule has 2 nitrogen and oxygen atoms in total. The SMILES string of the molecule is CC1(C2CC2)CNC(c2ccccc2)CN1CC(F)F. The molecule has 1 heterocycles. The molecule has 4 heteroatoms. The summed E-state index contributed by atoms with van der Waals surface area (Å²) < 4.78 is 25.8. The first-order valence-corrected chi connectivity index (χ1v) is 7.41. The van der Waals surface area contributed by atoms with Gasteiger partial charge in [-0.05, 0) is 31.2 Å². The minimum Gasteiger partial charge on any atom is -0.307 e. The van der Waals surface area contributed by atoms with E-state index in [0.29, 0.717) is 12.5 Å². The van der Waals surface area contributed by atoms with Gasteiger partial charge in [0.2, 0.25) is 0 Å². The van der Waals surface area contributed by atoms with Crippen molar-refractivity contribution in [3.63, 3.8) is 0 Å². The summed E-state index contributed by atoms with van der Waals surface area (Å²) in [5.74, 6) is 0.575. The van der Waals surface area contributed by atoms with Crippen molar-refractivity contribution < 1.29 is 8.78 Å². The number of nitrogens with zero attached hydrogens (tertiary/aromatic N) is 1. The molecule has 0 radical (unpaired) electrons. The standard InChI is InChI=1S/C16H22F2N2/c1-16(13-7-8-13)11-19-14(9-20(16)10-15(17)18)12-5-3-2-4-6-12/h2-6,13-15,19H,7-11H2,1H3. The fraction of sp³-hybridized carbons (Fsp3) is 0.625. The number of nitrogens with one attached hydrogen (secondary N) is 1. The third kappa shape index (κ3) is 2.72. The molecule has 0 bridgehead atoms. The molecule has 2 aliphatic rings. The van der Waals surface area contributed by atoms with Crippen molar-refractivity contribution in [3.05, 3.63) is 35.9 Å². The van der Waals surface area contributed by atoms with Gasteiger partial charge < -0.3 is 5.32 Å². The van der Waals surface area contributed by atoms with Crippen LogP contribution in [-0.2, 0) is 0 Å². The maximum absolute atomic E-state index is 12.9. The number of hydrogen-bond acceptors (Lipinski definition) is 2. The molecule has 1 N–H and O–H groups in total. The predicted molar refractivity (Wildman–Crippen MR) is 75.9 cm³/mol. The summed E-state index contributed by atoms with van der Waals surface area (Å²) >= 11 is 0. The zero-order valence-corrected chi connectivity index (χ0v) is 11.9. The van der Waals surface area contributed by atoms with Gasteiger partial charge in [-0.15, -0.1) is 0 Å². The zero-order valence-electron chi connectivity index (χ0n) is 11.9. The lowest BCUT2D eigenvalue weighted by molar-refractivity contribution is -0.0130. The molecule has 2 atom stereocenters. The number of halogens is 2. The van der Waals surface area contributed by atoms with E-state index in [9.17, 15) is 8.78 Å². The maximum Gasteiger partial charge on any atom is 0.251 e. The summed E-state index contributed by atoms with van der Waals surface area (Å²) in [6, 6.07) is 10.3. The smallest absolute Gasteiger partial charge is 0.251 e. The number of benzene rings is 1. The van der Waals surface area contributed by atoms with Crippen LogP contribution in [0.25, 0.3) is 0 Å². The van der Waals surface area contributed by atoms with E-state index in [0.717, 1.165) is 6.54 Å². The van der Waals surface area contributed by atoms with Crippen molar-refractivity contribution in [3.8, 4) is 0 Å². The quantitative estimate of drug-likeness (QED) is 0.912. The second kappa shape index (κ2) is 5.41. The molecule has 2 unspecified atom stereocenters. The van der Waals surface area contributed by atoms with Crippen LogP contribution in [0.3, 0.4) is 0 Å². The van der Waals surface area contributed by atoms with E-state index in [2.05, 4.69) is 24.4 Å². The van der Waals surface area contributed by atoms with Crippen LogP contribution in [0, 0.1) is 5.92 Å². The highest BCUT2D eigenvalue weighted by molar-refractivity contribution is 5.21. The second-order valence-electron chi connectivity index (χ2n) is 6.27. The van der Waals surface area contributed by atoms with E-state index >= 15 is 0 Å². The largest absolute Gasteiger partial charge is 0.307 e. The molecule has 1 aliphatic heterocycles. The summed E-state index contributed by atoms with van der Waals surface area (Å²) in [7, 11) is 0. The van der Waals surface area contributed by atoms with Crippen LogP contribution in [-0.4, -0.2) is 36.5 Å². The Balaban J connectivity index is 1.77. The van der Waals surface area contributed by atoms with E-state index in [1.807, 2.05) is 23.1 Å². The number of piperazine rings is 1. The summed E-state index contributed by atoms with van der Waals surface area (Å²) in [5.41, 5.74) is 1.08. The Kier molecular flexibility index (Phi) is 3.78. The lowest BCUT2D eigenvalue weighted by Gasteiger charge is -2.48. The molecular weight excluding hydrogens is 258 g/mol. The van der Waals surface area contributed by atoms with Crippen molar-refractivity contribution in [2.45, 2.75) is 37.8 Å². The first kappa shape index (κ1) is 14.0. The van der Waals surface area contributed by atoms with Gasteiger partial charge in [0, 0.05) is 24.7 Å². The van der Waals surface area contributed by atoms with Crippen molar-refractivity contribution in [2.24, 2.45) is 5.92 Å². The summed E-state index contributed by atoms with van der Waals surface area (Å²) in [5, 5.41) is 3.56. The maximum atomic E-state index is 12.9. The highest BCUT2D eigenvalue weighted by Gasteiger charge is 2.48. The highest BCUT2D eigenvalue weighted by atomic mass is 19.3. The zero-order chi connectivity index (χ0) is 14.2. The van der Waals surface area contributed by atoms with E-state index in [4.69, 9.17) is 0 Å². The molecule has 3 rings (SSSR count). The van der Waals surface area contributed by atoms with Gasteiger partial charge in [-0.3, -0.25) is 4.90 Å². The fourth-order valence-corrected chi connectivity index (χ4v) is 3.40. The molecule has 2 fully saturated rings. The fourth-order valence-electron chi connectivity index (χ4n) is 3.40. The van der Waals surface area contributed by atoms with Crippen molar-refractivity contribution in [1.29, 1.82) is 0 Å². The van der Waals surface area contributed by atoms with Crippen LogP contribution >= 0.6 is 0 Å². The molecule has 0 spiro atoms. The van der Waals surface area contributed by atoms with Crippen LogP contribution in [0.1, 0.15) is 31.4 Å². The van der Waals surface area contributed by atoms with Gasteiger partial charge in [0.25, 0.3) is 6.43 Å². The topological polar surface area (TPSA) is 15.3 Å². The Morgan fingerprint density at radius 2 is 2.00 bits per heavy atom. The molecule has 1 saturated heterocycles. The summed E-state index contributed by atoms with van der Waals surface area (Å²) in [6.45, 7) is 3.49. The minimum absolute atomic E-state index is 0.109. The Hall–Kier alpha value is -1.00. The van der Waals surface area contributed by atoms with Crippen LogP contribution in [0.15, 0.2) is 30.3 Å². The predicted octanol–water partition coefficient (Wildman–Crippen LogP) is 3.07. The van der Waals surface area contributed by atoms with E-state index in [1.54, 1.807) is 0 Å². The highest BCUT2D eigenvalue weighted by Crippen LogP contribution is 2.45. The van der Waals surface area contributed by atoms with E-state index in [1.165, 1.54) is 18.4 Å². The number of alkyl halides is 2. The monoisotopic (exact) mass is 280 g/mol. The Morgan fingerprint density at radius 1 is 1.30 bits per heavy atom. The number of hydrogen-bond donors (Lipinski definition) is 1. The molecule has 1 aromatic rings. The lowest BCUT2D eigenvalue weighted by Crippen LogP contribution is -2.62. The molecule has 0 aromatic heterocycles. The van der Waals surface area contributed by atoms with Crippen molar-refractivity contribution in [2.75, 3.05) is 19.6 Å². The van der Waals surface area contributed by atoms with Crippen LogP contribution in [0.5, 0.6) is 0 Å². The van der Waals surface area contributed by atoms with Gasteiger partial charge in [0.15, 0.2) is 0 Å². The molecule has 110 valence electrons. The summed E-state index contributed by atoms with van der Waals surface area (Å²) in [4.78, 5) is 2.02. The minimum atomic E-state index is -2.26. The average molecular weight is 280 g/mol. The molecule has 1 aromatic carbocycles. The van der Waals surface area contributed by atoms with Crippen LogP contribution in [0.2, 0.25) is 0 Å². The number of rotatable bonds is 4. The van der Waals surface area contributed by atoms with Gasteiger partial charge in [0.05, 0.1) is 6.54 Å². The van der Waals surface area contributed by atoms with Gasteiger partial charge in [0.1, 0.15) is 0 Å². The van der Waals surface area contributed by atoms with E-state index < -0.39 is 6.43 Å². The first-order valence-electron chi connectivity index (χ1n) is 7.41. The molecule has 1 aliphatic carbocycles. The van der Waals surface area contributed by atoms with Crippen LogP contribution < -0.4 is 5.32 Å². The third-order valence-electron chi connectivity index (χ3n) is 4.85. The Bertz CT molecular complexity index is 447. The first-order chi connectivity index (χ1) is 9.59. The average Bonchev–Trinajstić information content (AvgIpc) is 3.27. The van der Waals surface area contributed by atoms with Gasteiger partial charge >= 0.3 is 0 Å². The van der Waals surface area contributed by atoms with Crippen LogP contribution in [0.4, 0.5) is 8.78 Å². The normalized spacial score (nSPS) is 31.7. The van der Waals surface area contributed by atoms with Crippen molar-refractivity contribution >= 4 is 0 Å². The van der Waals surface area contributed by atoms with Crippen molar-refractivity contribution in [1.82, 2.24) is 10.2 Å². The Morgan fingerprint density at radius 3 is 2.60 bits per heavy atom. The third-order valence-corrected chi connectivity index (χ3v) is 4.85. The van der Waals surface area contributed by atoms with E-state index in [-0.39, 0.29) is 18.1 Å². The molecule has 0 amide bonds. The van der Waals surface area contributed by atoms with Gasteiger partial charge in [-0.25, -0.2) is 8.78 Å². The molecule has 20 heavy (non-hydrogen) atoms. The summed E-state index contributed by atoms with van der Waals surface area (Å²) in [6.07, 6.45) is 0.0876. The second-order valence-corrected chi connectivity index (χ2v) is 6.27. The lowest BCUT2D eigenvalue weighted by atomic mass is 9.88. The molecule has 1 saturated carbocycles. The molecular formula is C16H22F2N2. The van der Waals surface area contributed by atoms with Gasteiger partial charge in [-0.2, -0.15) is 0 Å². The Labute approximate surface area is 119 Å².